The minimum Gasteiger partial charge on any atom is -0.443 e. The topological polar surface area (TPSA) is 46.6 Å². The Kier molecular flexibility index (Phi) is 5.87. The van der Waals surface area contributed by atoms with Crippen molar-refractivity contribution in [1.82, 2.24) is 0 Å². The molecule has 1 aliphatic heterocycles. The fourth-order valence-corrected chi connectivity index (χ4v) is 5.56. The van der Waals surface area contributed by atoms with Gasteiger partial charge in [-0.2, -0.15) is 0 Å². The van der Waals surface area contributed by atoms with E-state index < -0.39 is 16.4 Å². The number of anilines is 1. The number of carbonyl (C=O) groups is 2. The van der Waals surface area contributed by atoms with E-state index >= 15 is 0 Å². The number of thioether (sulfide) groups is 1. The van der Waals surface area contributed by atoms with Crippen LogP contribution < -0.4 is 4.90 Å². The molecule has 1 atom stereocenters. The van der Waals surface area contributed by atoms with Gasteiger partial charge in [-0.15, -0.1) is 0 Å². The summed E-state index contributed by atoms with van der Waals surface area (Å²) in [5.41, 5.74) is 4.76. The van der Waals surface area contributed by atoms with Crippen LogP contribution in [0, 0.1) is 20.8 Å². The third kappa shape index (κ3) is 4.30. The molecule has 0 unspecified atom stereocenters. The van der Waals surface area contributed by atoms with Crippen LogP contribution in [0.25, 0.3) is 0 Å². The van der Waals surface area contributed by atoms with Gasteiger partial charge >= 0.3 is 6.09 Å². The average Bonchev–Trinajstić information content (AvgIpc) is 2.97. The zero-order valence-corrected chi connectivity index (χ0v) is 20.7. The summed E-state index contributed by atoms with van der Waals surface area (Å²) < 4.78 is 4.54. The summed E-state index contributed by atoms with van der Waals surface area (Å²) in [6.07, 6.45) is -0.657. The normalized spacial score (nSPS) is 17.8. The molecule has 0 spiro atoms. The molecule has 0 fully saturated rings. The summed E-state index contributed by atoms with van der Waals surface area (Å²) in [5.74, 6) is -0.312. The Hall–Kier alpha value is -3.05. The number of imide groups is 1. The Bertz CT molecular complexity index is 1210. The molecule has 2 amide bonds. The molecule has 1 aliphatic rings. The summed E-state index contributed by atoms with van der Waals surface area (Å²) in [6, 6.07) is 21.8. The van der Waals surface area contributed by atoms with E-state index in [2.05, 4.69) is 6.07 Å². The van der Waals surface area contributed by atoms with Crippen molar-refractivity contribution in [2.45, 2.75) is 56.8 Å². The maximum atomic E-state index is 14.3. The molecule has 4 rings (SSSR count). The highest BCUT2D eigenvalue weighted by Gasteiger charge is 2.56. The van der Waals surface area contributed by atoms with Crippen LogP contribution in [0.3, 0.4) is 0 Å². The fraction of sp³-hybridized carbons (Fsp3) is 0.286. The number of rotatable bonds is 3. The van der Waals surface area contributed by atoms with Gasteiger partial charge in [0.1, 0.15) is 5.60 Å². The number of para-hydroxylation sites is 1. The van der Waals surface area contributed by atoms with Crippen LogP contribution in [0.2, 0.25) is 0 Å². The number of nitrogens with zero attached hydrogens (tertiary/aromatic N) is 1. The Morgan fingerprint density at radius 2 is 1.48 bits per heavy atom. The smallest absolute Gasteiger partial charge is 0.421 e. The highest BCUT2D eigenvalue weighted by atomic mass is 32.2. The third-order valence-corrected chi connectivity index (χ3v) is 6.97. The minimum absolute atomic E-state index is 0.312. The molecule has 0 radical (unpaired) electrons. The first-order valence-electron chi connectivity index (χ1n) is 11.0. The van der Waals surface area contributed by atoms with E-state index in [0.717, 1.165) is 32.7 Å². The first-order chi connectivity index (χ1) is 15.5. The summed E-state index contributed by atoms with van der Waals surface area (Å²) in [4.78, 5) is 29.7. The quantitative estimate of drug-likeness (QED) is 0.426. The number of aryl methyl sites for hydroxylation is 3. The van der Waals surface area contributed by atoms with Gasteiger partial charge in [0.05, 0.1) is 5.69 Å². The lowest BCUT2D eigenvalue weighted by atomic mass is 9.89. The van der Waals surface area contributed by atoms with Gasteiger partial charge in [-0.3, -0.25) is 4.79 Å². The predicted octanol–water partition coefficient (Wildman–Crippen LogP) is 6.93. The lowest BCUT2D eigenvalue weighted by Crippen LogP contribution is -2.44. The van der Waals surface area contributed by atoms with Crippen molar-refractivity contribution < 1.29 is 14.3 Å². The highest BCUT2D eigenvalue weighted by Crippen LogP contribution is 2.55. The van der Waals surface area contributed by atoms with Crippen LogP contribution in [0.1, 0.15) is 48.6 Å². The van der Waals surface area contributed by atoms with E-state index in [-0.39, 0.29) is 5.91 Å². The zero-order chi connectivity index (χ0) is 24.0. The first kappa shape index (κ1) is 23.1. The zero-order valence-electron chi connectivity index (χ0n) is 19.9. The van der Waals surface area contributed by atoms with E-state index in [1.54, 1.807) is 20.8 Å². The van der Waals surface area contributed by atoms with Crippen molar-refractivity contribution in [3.63, 3.8) is 0 Å². The van der Waals surface area contributed by atoms with Crippen molar-refractivity contribution >= 4 is 29.4 Å². The fourth-order valence-electron chi connectivity index (χ4n) is 4.23. The van der Waals surface area contributed by atoms with Crippen LogP contribution in [-0.2, 0) is 14.3 Å². The van der Waals surface area contributed by atoms with Gasteiger partial charge in [-0.1, -0.05) is 77.0 Å². The number of benzene rings is 3. The maximum absolute atomic E-state index is 14.3. The Labute approximate surface area is 200 Å². The van der Waals surface area contributed by atoms with Gasteiger partial charge in [0.15, 0.2) is 4.75 Å². The van der Waals surface area contributed by atoms with Crippen LogP contribution in [0.15, 0.2) is 71.6 Å². The monoisotopic (exact) mass is 459 g/mol. The molecule has 0 N–H and O–H groups in total. The van der Waals surface area contributed by atoms with Crippen molar-refractivity contribution in [3.05, 3.63) is 94.5 Å². The lowest BCUT2D eigenvalue weighted by Gasteiger charge is -2.30. The van der Waals surface area contributed by atoms with Gasteiger partial charge in [0.25, 0.3) is 5.91 Å². The number of hydrogen-bond donors (Lipinski definition) is 0. The molecule has 0 aromatic heterocycles. The number of fused-ring (bicyclic) bond motifs is 1. The Morgan fingerprint density at radius 1 is 0.879 bits per heavy atom. The van der Waals surface area contributed by atoms with E-state index in [0.29, 0.717) is 5.69 Å². The number of carbonyl (C=O) groups excluding carboxylic acids is 2. The molecular weight excluding hydrogens is 430 g/mol. The van der Waals surface area contributed by atoms with Crippen LogP contribution in [0.5, 0.6) is 0 Å². The lowest BCUT2D eigenvalue weighted by molar-refractivity contribution is -0.119. The van der Waals surface area contributed by atoms with E-state index in [1.807, 2.05) is 81.4 Å². The third-order valence-electron chi connectivity index (χ3n) is 5.52. The van der Waals surface area contributed by atoms with Crippen LogP contribution in [0.4, 0.5) is 10.5 Å². The Balaban J connectivity index is 1.96. The van der Waals surface area contributed by atoms with Crippen LogP contribution >= 0.6 is 11.8 Å². The second-order valence-corrected chi connectivity index (χ2v) is 10.9. The maximum Gasteiger partial charge on any atom is 0.421 e. The van der Waals surface area contributed by atoms with E-state index in [9.17, 15) is 9.59 Å². The standard InChI is InChI=1S/C28H29NO3S/c1-18-11-13-22(14-12-18)33-28(21-16-19(2)15-20(3)17-21)23-9-7-8-10-24(23)29(25(28)30)26(31)32-27(4,5)6/h7-17H,1-6H3/t28-/m1/s1. The largest absolute Gasteiger partial charge is 0.443 e. The first-order valence-corrected chi connectivity index (χ1v) is 11.8. The summed E-state index contributed by atoms with van der Waals surface area (Å²) in [5, 5.41) is 0. The molecule has 5 heteroatoms. The van der Waals surface area contributed by atoms with Gasteiger partial charge in [0, 0.05) is 10.5 Å². The SMILES string of the molecule is Cc1ccc(S[C@@]2(c3cc(C)cc(C)c3)C(=O)N(C(=O)OC(C)(C)C)c3ccccc32)cc1. The van der Waals surface area contributed by atoms with Gasteiger partial charge < -0.3 is 4.74 Å². The molecule has 0 saturated heterocycles. The summed E-state index contributed by atoms with van der Waals surface area (Å²) >= 11 is 1.47. The molecule has 170 valence electrons. The van der Waals surface area contributed by atoms with E-state index in [1.165, 1.54) is 16.7 Å². The Morgan fingerprint density at radius 3 is 2.09 bits per heavy atom. The number of hydrogen-bond acceptors (Lipinski definition) is 4. The number of ether oxygens (including phenoxy) is 1. The molecule has 33 heavy (non-hydrogen) atoms. The molecular formula is C28H29NO3S. The number of amides is 2. The minimum atomic E-state index is -1.11. The molecule has 0 saturated carbocycles. The average molecular weight is 460 g/mol. The van der Waals surface area contributed by atoms with Crippen molar-refractivity contribution in [3.8, 4) is 0 Å². The van der Waals surface area contributed by atoms with Crippen molar-refractivity contribution in [2.24, 2.45) is 0 Å². The summed E-state index contributed by atoms with van der Waals surface area (Å²) in [6.45, 7) is 11.5. The van der Waals surface area contributed by atoms with Crippen molar-refractivity contribution in [2.75, 3.05) is 4.90 Å². The second-order valence-electron chi connectivity index (χ2n) is 9.61. The van der Waals surface area contributed by atoms with Gasteiger partial charge in [-0.25, -0.2) is 9.69 Å². The van der Waals surface area contributed by atoms with Crippen LogP contribution in [-0.4, -0.2) is 17.6 Å². The second kappa shape index (κ2) is 8.38. The molecule has 3 aromatic rings. The predicted molar refractivity (Wildman–Crippen MR) is 134 cm³/mol. The molecule has 4 nitrogen and oxygen atoms in total. The van der Waals surface area contributed by atoms with E-state index in [4.69, 9.17) is 4.74 Å². The van der Waals surface area contributed by atoms with Gasteiger partial charge in [0.2, 0.25) is 0 Å². The van der Waals surface area contributed by atoms with Crippen molar-refractivity contribution in [1.29, 1.82) is 0 Å². The molecule has 0 bridgehead atoms. The molecule has 1 heterocycles. The van der Waals surface area contributed by atoms with Gasteiger partial charge in [-0.05, 0) is 65.3 Å². The molecule has 0 aliphatic carbocycles. The summed E-state index contributed by atoms with van der Waals surface area (Å²) in [7, 11) is 0. The molecule has 3 aromatic carbocycles. The highest BCUT2D eigenvalue weighted by molar-refractivity contribution is 8.01.